The molecule has 14 aromatic carbocycles. The lowest BCUT2D eigenvalue weighted by Gasteiger charge is -2.36. The molecule has 0 radical (unpaired) electrons. The molecule has 2 aliphatic carbocycles. The molecule has 0 heterocycles. The summed E-state index contributed by atoms with van der Waals surface area (Å²) >= 11 is 3.57. The molecule has 0 saturated carbocycles. The number of benzene rings is 14. The third-order valence-electron chi connectivity index (χ3n) is 20.1. The Balaban J connectivity index is 0.765. The number of nitrogens with zero attached hydrogens (tertiary/aromatic N) is 2. The van der Waals surface area contributed by atoms with Crippen molar-refractivity contribution >= 4 is 69.8 Å². The number of para-hydroxylation sites is 2. The highest BCUT2D eigenvalue weighted by atomic mass is 32.2. The third kappa shape index (κ3) is 10.8. The Bertz CT molecular complexity index is 4980. The van der Waals surface area contributed by atoms with Crippen LogP contribution >= 0.6 is 23.5 Å². The van der Waals surface area contributed by atoms with Gasteiger partial charge in [0, 0.05) is 53.7 Å². The minimum atomic E-state index is -0.606. The van der Waals surface area contributed by atoms with Gasteiger partial charge in [-0.1, -0.05) is 266 Å². The molecule has 2 nitrogen and oxygen atoms in total. The monoisotopic (exact) mass is 1290 g/mol. The van der Waals surface area contributed by atoms with Crippen LogP contribution in [0.3, 0.4) is 0 Å². The minimum Gasteiger partial charge on any atom is -0.310 e. The van der Waals surface area contributed by atoms with Gasteiger partial charge in [-0.2, -0.15) is 0 Å². The normalized spacial score (nSPS) is 14.8. The summed E-state index contributed by atoms with van der Waals surface area (Å²) in [7, 11) is 0. The molecule has 0 spiro atoms. The van der Waals surface area contributed by atoms with Crippen molar-refractivity contribution < 1.29 is 0 Å². The molecule has 0 bridgehead atoms. The van der Waals surface area contributed by atoms with E-state index in [0.717, 1.165) is 56.4 Å². The molecule has 0 fully saturated rings. The lowest BCUT2D eigenvalue weighted by Crippen LogP contribution is -2.30. The summed E-state index contributed by atoms with van der Waals surface area (Å²) in [5.41, 5.74) is 30.0. The van der Waals surface area contributed by atoms with E-state index in [1.54, 1.807) is 23.5 Å². The Kier molecular flexibility index (Phi) is 16.2. The van der Waals surface area contributed by atoms with Crippen LogP contribution in [0.25, 0.3) is 45.5 Å². The summed E-state index contributed by atoms with van der Waals surface area (Å²) in [6.07, 6.45) is 3.79. The van der Waals surface area contributed by atoms with Crippen molar-refractivity contribution in [3.63, 3.8) is 0 Å². The van der Waals surface area contributed by atoms with E-state index in [0.29, 0.717) is 0 Å². The van der Waals surface area contributed by atoms with Crippen LogP contribution in [0.1, 0.15) is 77.9 Å². The summed E-state index contributed by atoms with van der Waals surface area (Å²) in [5, 5.41) is 0. The van der Waals surface area contributed by atoms with E-state index >= 15 is 0 Å². The van der Waals surface area contributed by atoms with Gasteiger partial charge in [0.15, 0.2) is 0 Å². The zero-order valence-corrected chi connectivity index (χ0v) is 57.1. The lowest BCUT2D eigenvalue weighted by atomic mass is 9.66. The topological polar surface area (TPSA) is 6.48 Å². The maximum atomic E-state index is 3.97. The van der Waals surface area contributed by atoms with Crippen molar-refractivity contribution in [2.45, 2.75) is 58.1 Å². The van der Waals surface area contributed by atoms with Crippen LogP contribution in [0.15, 0.2) is 360 Å². The molecular formula is C94H72N2S2. The Morgan fingerprint density at radius 2 is 0.582 bits per heavy atom. The number of anilines is 6. The molecule has 470 valence electrons. The van der Waals surface area contributed by atoms with Crippen LogP contribution in [0.2, 0.25) is 0 Å². The summed E-state index contributed by atoms with van der Waals surface area (Å²) < 4.78 is 0. The van der Waals surface area contributed by atoms with Crippen molar-refractivity contribution in [3.05, 3.63) is 419 Å². The van der Waals surface area contributed by atoms with Gasteiger partial charge in [-0.05, 0) is 249 Å². The standard InChI is InChI=1S/C94H72N2S2/c1-7-67-31-49-79(50-32-67)97-81-53-39-71(40-54-81)93(89-59-63(3)27-29-65(89)5)87-25-17-15-23-83(87)85-57-47-77(61-91(85)93)95(73-19-11-9-12-20-73)75-43-35-69(36-44-75)70-37-45-76(46-38-70)96(74-21-13-10-14-22-74)78-48-58-86-84-24-16-18-26-88(84)94(92(86)62-78,90-60-64(4)28-30-66(90)6)72-41-55-82(56-42-72)98-80-51-33-68(8-2)34-52-80/h7-62H,1-2H2,3-6H3. The molecule has 0 saturated heterocycles. The average molecular weight is 1290 g/mol. The van der Waals surface area contributed by atoms with Crippen molar-refractivity contribution in [1.29, 1.82) is 0 Å². The van der Waals surface area contributed by atoms with Crippen LogP contribution in [0, 0.1) is 27.7 Å². The fraction of sp³-hybridized carbons (Fsp3) is 0.0638. The highest BCUT2D eigenvalue weighted by Crippen LogP contribution is 2.60. The van der Waals surface area contributed by atoms with Gasteiger partial charge >= 0.3 is 0 Å². The Hall–Kier alpha value is -11.1. The van der Waals surface area contributed by atoms with Gasteiger partial charge in [-0.3, -0.25) is 0 Å². The molecule has 2 aliphatic rings. The second-order valence-corrected chi connectivity index (χ2v) is 28.2. The van der Waals surface area contributed by atoms with Gasteiger partial charge in [0.25, 0.3) is 0 Å². The Morgan fingerprint density at radius 3 is 0.949 bits per heavy atom. The quantitative estimate of drug-likeness (QED) is 0.0896. The van der Waals surface area contributed by atoms with Gasteiger partial charge in [-0.25, -0.2) is 0 Å². The summed E-state index contributed by atoms with van der Waals surface area (Å²) in [6, 6.07) is 122. The lowest BCUT2D eigenvalue weighted by molar-refractivity contribution is 0.758. The van der Waals surface area contributed by atoms with E-state index in [1.165, 1.54) is 109 Å². The first-order valence-electron chi connectivity index (χ1n) is 33.7. The SMILES string of the molecule is C=Cc1ccc(Sc2ccc(C3(c4cc(C)ccc4C)c4ccccc4-c4ccc(N(c5ccccc5)c5ccc(-c6ccc(N(c7ccccc7)c7ccc8c(c7)C(c7ccc(Sc9ccc(C=C)cc9)cc7)(c7cc(C)ccc7C)c7ccccc7-8)cc6)cc5)cc43)cc2)cc1. The molecule has 98 heavy (non-hydrogen) atoms. The predicted octanol–water partition coefficient (Wildman–Crippen LogP) is 25.8. The maximum Gasteiger partial charge on any atom is 0.0716 e. The van der Waals surface area contributed by atoms with E-state index in [1.807, 2.05) is 12.2 Å². The van der Waals surface area contributed by atoms with E-state index in [-0.39, 0.29) is 0 Å². The summed E-state index contributed by atoms with van der Waals surface area (Å²) in [4.78, 5) is 9.62. The van der Waals surface area contributed by atoms with Crippen LogP contribution in [-0.2, 0) is 10.8 Å². The number of hydrogen-bond donors (Lipinski definition) is 0. The molecule has 0 aliphatic heterocycles. The van der Waals surface area contributed by atoms with Gasteiger partial charge in [0.1, 0.15) is 0 Å². The fourth-order valence-electron chi connectivity index (χ4n) is 15.4. The number of fused-ring (bicyclic) bond motifs is 6. The summed E-state index contributed by atoms with van der Waals surface area (Å²) in [5.74, 6) is 0. The highest BCUT2D eigenvalue weighted by Gasteiger charge is 2.49. The van der Waals surface area contributed by atoms with Gasteiger partial charge in [0.2, 0.25) is 0 Å². The number of aryl methyl sites for hydroxylation is 4. The molecule has 2 atom stereocenters. The van der Waals surface area contributed by atoms with Gasteiger partial charge < -0.3 is 9.80 Å². The first kappa shape index (κ1) is 61.7. The minimum absolute atomic E-state index is 0.606. The van der Waals surface area contributed by atoms with Crippen molar-refractivity contribution in [3.8, 4) is 33.4 Å². The van der Waals surface area contributed by atoms with E-state index < -0.39 is 10.8 Å². The van der Waals surface area contributed by atoms with E-state index in [2.05, 4.69) is 378 Å². The number of rotatable bonds is 17. The molecule has 16 rings (SSSR count). The highest BCUT2D eigenvalue weighted by molar-refractivity contribution is 7.99. The zero-order valence-electron chi connectivity index (χ0n) is 55.5. The number of hydrogen-bond acceptors (Lipinski definition) is 4. The van der Waals surface area contributed by atoms with Crippen LogP contribution < -0.4 is 9.80 Å². The van der Waals surface area contributed by atoms with E-state index in [4.69, 9.17) is 0 Å². The van der Waals surface area contributed by atoms with Crippen LogP contribution in [0.4, 0.5) is 34.1 Å². The molecule has 2 unspecified atom stereocenters. The first-order valence-corrected chi connectivity index (χ1v) is 35.3. The second kappa shape index (κ2) is 25.8. The second-order valence-electron chi connectivity index (χ2n) is 25.9. The Morgan fingerprint density at radius 1 is 0.265 bits per heavy atom. The average Bonchev–Trinajstić information content (AvgIpc) is 1.53. The Labute approximate surface area is 585 Å². The molecule has 14 aromatic rings. The molecule has 0 aromatic heterocycles. The summed E-state index contributed by atoms with van der Waals surface area (Å²) in [6.45, 7) is 16.9. The van der Waals surface area contributed by atoms with Crippen molar-refractivity contribution in [1.82, 2.24) is 0 Å². The molecule has 4 heteroatoms. The van der Waals surface area contributed by atoms with Gasteiger partial charge in [-0.15, -0.1) is 0 Å². The molecule has 0 N–H and O–H groups in total. The van der Waals surface area contributed by atoms with Gasteiger partial charge in [0.05, 0.1) is 10.8 Å². The maximum absolute atomic E-state index is 3.97. The largest absolute Gasteiger partial charge is 0.310 e. The molecular weight excluding hydrogens is 1220 g/mol. The smallest absolute Gasteiger partial charge is 0.0716 e. The van der Waals surface area contributed by atoms with Crippen molar-refractivity contribution in [2.75, 3.05) is 9.80 Å². The molecule has 0 amide bonds. The van der Waals surface area contributed by atoms with E-state index in [9.17, 15) is 0 Å². The zero-order chi connectivity index (χ0) is 66.5. The van der Waals surface area contributed by atoms with Crippen LogP contribution in [0.5, 0.6) is 0 Å². The van der Waals surface area contributed by atoms with Crippen LogP contribution in [-0.4, -0.2) is 0 Å². The third-order valence-corrected chi connectivity index (χ3v) is 22.1. The van der Waals surface area contributed by atoms with Crippen molar-refractivity contribution in [2.24, 2.45) is 0 Å². The first-order chi connectivity index (χ1) is 48.1. The fourth-order valence-corrected chi connectivity index (χ4v) is 17.1. The predicted molar refractivity (Wildman–Crippen MR) is 416 cm³/mol.